The smallest absolute Gasteiger partial charge is 0.337 e. The summed E-state index contributed by atoms with van der Waals surface area (Å²) in [4.78, 5) is 19.6. The van der Waals surface area contributed by atoms with Gasteiger partial charge >= 0.3 is 5.69 Å². The van der Waals surface area contributed by atoms with Gasteiger partial charge in [0.2, 0.25) is 0 Å². The third kappa shape index (κ3) is 4.64. The average Bonchev–Trinajstić information content (AvgIpc) is 3.60. The van der Waals surface area contributed by atoms with Crippen LogP contribution in [0.1, 0.15) is 31.5 Å². The largest absolute Gasteiger partial charge is 0.490 e. The summed E-state index contributed by atoms with van der Waals surface area (Å²) in [5.41, 5.74) is 2.68. The summed E-state index contributed by atoms with van der Waals surface area (Å²) in [6.45, 7) is 3.75. The van der Waals surface area contributed by atoms with Crippen LogP contribution in [0.25, 0.3) is 11.4 Å². The van der Waals surface area contributed by atoms with Crippen molar-refractivity contribution in [2.24, 2.45) is 0 Å². The number of hydrogen-bond donors (Lipinski definition) is 0. The number of ether oxygens (including phenoxy) is 1. The highest BCUT2D eigenvalue weighted by Gasteiger charge is 2.16. The van der Waals surface area contributed by atoms with Crippen LogP contribution in [0.3, 0.4) is 0 Å². The number of rotatable bonds is 8. The fraction of sp³-hybridized carbons (Fsp3) is 0.333. The van der Waals surface area contributed by atoms with E-state index in [1.807, 2.05) is 68.1 Å². The van der Waals surface area contributed by atoms with Crippen LogP contribution < -0.4 is 15.3 Å². The Morgan fingerprint density at radius 3 is 2.15 bits per heavy atom. The molecule has 2 aromatic heterocycles. The quantitative estimate of drug-likeness (QED) is 0.388. The summed E-state index contributed by atoms with van der Waals surface area (Å²) < 4.78 is 11.5. The molecule has 0 spiro atoms. The molecule has 0 bridgehead atoms. The summed E-state index contributed by atoms with van der Waals surface area (Å²) in [6.07, 6.45) is 12.5. The van der Waals surface area contributed by atoms with Gasteiger partial charge in [0, 0.05) is 50.6 Å². The highest BCUT2D eigenvalue weighted by molar-refractivity contribution is 5.50. The van der Waals surface area contributed by atoms with Gasteiger partial charge in [-0.3, -0.25) is 9.13 Å². The van der Waals surface area contributed by atoms with Gasteiger partial charge < -0.3 is 14.2 Å². The Morgan fingerprint density at radius 2 is 1.56 bits per heavy atom. The molecule has 1 fully saturated rings. The minimum Gasteiger partial charge on any atom is -0.490 e. The van der Waals surface area contributed by atoms with Gasteiger partial charge in [0.05, 0.1) is 17.5 Å². The molecular weight excluding hydrogens is 426 g/mol. The molecule has 2 aromatic carbocycles. The van der Waals surface area contributed by atoms with E-state index in [0.29, 0.717) is 6.10 Å². The molecule has 0 unspecified atom stereocenters. The molecule has 4 aromatic rings. The summed E-state index contributed by atoms with van der Waals surface area (Å²) >= 11 is 0. The number of imidazole rings is 2. The summed E-state index contributed by atoms with van der Waals surface area (Å²) in [6, 6.07) is 15.9. The SMILES string of the molecule is Cc1nccn1CCN(C)c1ccc(-n2ccn(-c3ccc(OC4CCCC4)cc3)c2=O)cc1. The minimum absolute atomic E-state index is 0.0962. The Morgan fingerprint density at radius 1 is 0.941 bits per heavy atom. The Bertz CT molecular complexity index is 1280. The van der Waals surface area contributed by atoms with Crippen LogP contribution in [0.5, 0.6) is 5.75 Å². The van der Waals surface area contributed by atoms with E-state index in [2.05, 4.69) is 33.6 Å². The fourth-order valence-corrected chi connectivity index (χ4v) is 4.55. The lowest BCUT2D eigenvalue weighted by atomic mass is 10.2. The third-order valence-electron chi connectivity index (χ3n) is 6.67. The van der Waals surface area contributed by atoms with Gasteiger partial charge in [-0.15, -0.1) is 0 Å². The number of likely N-dealkylation sites (N-methyl/N-ethyl adjacent to an activating group) is 1. The van der Waals surface area contributed by atoms with Crippen LogP contribution in [-0.4, -0.2) is 38.4 Å². The summed E-state index contributed by atoms with van der Waals surface area (Å²) in [5.74, 6) is 1.88. The minimum atomic E-state index is -0.0962. The first-order chi connectivity index (χ1) is 16.6. The maximum absolute atomic E-state index is 13.1. The van der Waals surface area contributed by atoms with Gasteiger partial charge in [0.25, 0.3) is 0 Å². The molecule has 1 aliphatic rings. The standard InChI is InChI=1S/C27H31N5O2/c1-21-28-15-16-30(21)18-17-29(2)22-7-9-23(10-8-22)31-19-20-32(27(31)33)24-11-13-26(14-12-24)34-25-5-3-4-6-25/h7-16,19-20,25H,3-6,17-18H2,1-2H3. The molecule has 1 aliphatic carbocycles. The van der Waals surface area contributed by atoms with Gasteiger partial charge in [0.1, 0.15) is 11.6 Å². The van der Waals surface area contributed by atoms with Gasteiger partial charge in [-0.1, -0.05) is 0 Å². The first kappa shape index (κ1) is 22.1. The number of aromatic nitrogens is 4. The normalized spacial score (nSPS) is 13.9. The molecule has 0 N–H and O–H groups in total. The molecule has 176 valence electrons. The van der Waals surface area contributed by atoms with Crippen molar-refractivity contribution < 1.29 is 4.74 Å². The van der Waals surface area contributed by atoms with Crippen molar-refractivity contribution in [3.05, 3.63) is 89.6 Å². The maximum Gasteiger partial charge on any atom is 0.337 e. The lowest BCUT2D eigenvalue weighted by Crippen LogP contribution is -2.23. The van der Waals surface area contributed by atoms with E-state index >= 15 is 0 Å². The number of benzene rings is 2. The van der Waals surface area contributed by atoms with E-state index in [4.69, 9.17) is 4.74 Å². The molecule has 34 heavy (non-hydrogen) atoms. The van der Waals surface area contributed by atoms with Crippen LogP contribution in [-0.2, 0) is 6.54 Å². The third-order valence-corrected chi connectivity index (χ3v) is 6.67. The predicted octanol–water partition coefficient (Wildman–Crippen LogP) is 4.59. The molecule has 0 radical (unpaired) electrons. The zero-order valence-electron chi connectivity index (χ0n) is 19.8. The second kappa shape index (κ2) is 9.63. The fourth-order valence-electron chi connectivity index (χ4n) is 4.55. The Labute approximate surface area is 199 Å². The van der Waals surface area contributed by atoms with Crippen molar-refractivity contribution in [2.75, 3.05) is 18.5 Å². The molecule has 0 amide bonds. The van der Waals surface area contributed by atoms with E-state index in [-0.39, 0.29) is 5.69 Å². The highest BCUT2D eigenvalue weighted by atomic mass is 16.5. The van der Waals surface area contributed by atoms with Crippen molar-refractivity contribution in [3.8, 4) is 17.1 Å². The van der Waals surface area contributed by atoms with Crippen LogP contribution in [0, 0.1) is 6.92 Å². The molecule has 0 atom stereocenters. The Hall–Kier alpha value is -3.74. The first-order valence-corrected chi connectivity index (χ1v) is 11.9. The molecule has 1 saturated carbocycles. The van der Waals surface area contributed by atoms with Crippen LogP contribution in [0.15, 0.2) is 78.1 Å². The Kier molecular flexibility index (Phi) is 6.25. The highest BCUT2D eigenvalue weighted by Crippen LogP contribution is 2.24. The Balaban J connectivity index is 1.26. The number of hydrogen-bond acceptors (Lipinski definition) is 4. The monoisotopic (exact) mass is 457 g/mol. The van der Waals surface area contributed by atoms with Crippen LogP contribution in [0.2, 0.25) is 0 Å². The number of aryl methyl sites for hydroxylation is 1. The summed E-state index contributed by atoms with van der Waals surface area (Å²) in [7, 11) is 2.07. The first-order valence-electron chi connectivity index (χ1n) is 11.9. The topological polar surface area (TPSA) is 57.2 Å². The predicted molar refractivity (Wildman–Crippen MR) is 134 cm³/mol. The van der Waals surface area contributed by atoms with E-state index in [9.17, 15) is 4.79 Å². The summed E-state index contributed by atoms with van der Waals surface area (Å²) in [5, 5.41) is 0. The molecule has 7 heteroatoms. The van der Waals surface area contributed by atoms with E-state index < -0.39 is 0 Å². The van der Waals surface area contributed by atoms with Gasteiger partial charge in [-0.2, -0.15) is 0 Å². The van der Waals surface area contributed by atoms with Crippen molar-refractivity contribution in [1.82, 2.24) is 18.7 Å². The maximum atomic E-state index is 13.1. The second-order valence-corrected chi connectivity index (χ2v) is 8.94. The molecular formula is C27H31N5O2. The lowest BCUT2D eigenvalue weighted by molar-refractivity contribution is 0.210. The molecule has 0 aliphatic heterocycles. The number of anilines is 1. The van der Waals surface area contributed by atoms with Gasteiger partial charge in [-0.05, 0) is 81.1 Å². The van der Waals surface area contributed by atoms with Crippen molar-refractivity contribution in [3.63, 3.8) is 0 Å². The van der Waals surface area contributed by atoms with E-state index in [0.717, 1.165) is 54.6 Å². The zero-order valence-corrected chi connectivity index (χ0v) is 19.8. The molecule has 7 nitrogen and oxygen atoms in total. The number of nitrogens with zero attached hydrogens (tertiary/aromatic N) is 5. The second-order valence-electron chi connectivity index (χ2n) is 8.94. The average molecular weight is 458 g/mol. The van der Waals surface area contributed by atoms with E-state index in [1.165, 1.54) is 12.8 Å². The molecule has 5 rings (SSSR count). The van der Waals surface area contributed by atoms with Crippen LogP contribution in [0.4, 0.5) is 5.69 Å². The van der Waals surface area contributed by atoms with Crippen molar-refractivity contribution in [1.29, 1.82) is 0 Å². The van der Waals surface area contributed by atoms with Crippen molar-refractivity contribution in [2.45, 2.75) is 45.3 Å². The van der Waals surface area contributed by atoms with Gasteiger partial charge in [-0.25, -0.2) is 9.78 Å². The van der Waals surface area contributed by atoms with Crippen LogP contribution >= 0.6 is 0 Å². The molecule has 2 heterocycles. The zero-order chi connectivity index (χ0) is 23.5. The molecule has 0 saturated heterocycles. The van der Waals surface area contributed by atoms with E-state index in [1.54, 1.807) is 9.13 Å². The lowest BCUT2D eigenvalue weighted by Gasteiger charge is -2.20. The van der Waals surface area contributed by atoms with Crippen molar-refractivity contribution >= 4 is 5.69 Å². The van der Waals surface area contributed by atoms with Gasteiger partial charge in [0.15, 0.2) is 0 Å².